The highest BCUT2D eigenvalue weighted by Gasteiger charge is 2.44. The first-order valence-electron chi connectivity index (χ1n) is 7.49. The Labute approximate surface area is 120 Å². The fourth-order valence-corrected chi connectivity index (χ4v) is 3.35. The van der Waals surface area contributed by atoms with Gasteiger partial charge in [0.25, 0.3) is 0 Å². The average molecular weight is 274 g/mol. The second kappa shape index (κ2) is 5.83. The van der Waals surface area contributed by atoms with Crippen molar-refractivity contribution >= 4 is 6.09 Å². The van der Waals surface area contributed by atoms with Crippen LogP contribution in [0.15, 0.2) is 30.3 Å². The summed E-state index contributed by atoms with van der Waals surface area (Å²) in [6.07, 6.45) is 4.29. The molecule has 0 aliphatic carbocycles. The van der Waals surface area contributed by atoms with E-state index in [9.17, 15) is 4.79 Å². The van der Waals surface area contributed by atoms with E-state index in [0.29, 0.717) is 6.61 Å². The van der Waals surface area contributed by atoms with Gasteiger partial charge in [0.15, 0.2) is 0 Å². The molecule has 1 N–H and O–H groups in total. The second-order valence-corrected chi connectivity index (χ2v) is 5.80. The number of nitrogens with one attached hydrogen (secondary N) is 1. The van der Waals surface area contributed by atoms with Crippen molar-refractivity contribution in [3.8, 4) is 0 Å². The number of benzene rings is 1. The maximum absolute atomic E-state index is 12.4. The van der Waals surface area contributed by atoms with Crippen LogP contribution in [0.25, 0.3) is 0 Å². The van der Waals surface area contributed by atoms with Crippen molar-refractivity contribution in [2.45, 2.75) is 37.8 Å². The van der Waals surface area contributed by atoms with Crippen LogP contribution in [-0.2, 0) is 11.3 Å². The zero-order chi connectivity index (χ0) is 13.8. The van der Waals surface area contributed by atoms with E-state index in [1.807, 2.05) is 35.2 Å². The minimum absolute atomic E-state index is 0.00597. The molecular weight excluding hydrogens is 252 g/mol. The number of likely N-dealkylation sites (tertiary alicyclic amines) is 1. The van der Waals surface area contributed by atoms with Crippen molar-refractivity contribution in [3.05, 3.63) is 35.9 Å². The van der Waals surface area contributed by atoms with Crippen molar-refractivity contribution in [1.29, 1.82) is 0 Å². The summed E-state index contributed by atoms with van der Waals surface area (Å²) in [7, 11) is 0. The lowest BCUT2D eigenvalue weighted by molar-refractivity contribution is 0.0320. The van der Waals surface area contributed by atoms with Gasteiger partial charge in [-0.2, -0.15) is 0 Å². The summed E-state index contributed by atoms with van der Waals surface area (Å²) in [6.45, 7) is 3.10. The summed E-state index contributed by atoms with van der Waals surface area (Å²) in [5.74, 6) is 0. The van der Waals surface area contributed by atoms with Gasteiger partial charge in [-0.15, -0.1) is 0 Å². The number of nitrogens with zero attached hydrogens (tertiary/aromatic N) is 1. The Balaban J connectivity index is 1.63. The zero-order valence-corrected chi connectivity index (χ0v) is 11.8. The smallest absolute Gasteiger partial charge is 0.410 e. The highest BCUT2D eigenvalue weighted by Crippen LogP contribution is 2.33. The van der Waals surface area contributed by atoms with Gasteiger partial charge in [-0.3, -0.25) is 0 Å². The molecule has 2 saturated heterocycles. The van der Waals surface area contributed by atoms with Crippen LogP contribution in [0.3, 0.4) is 0 Å². The Morgan fingerprint density at radius 2 is 2.10 bits per heavy atom. The molecule has 0 bridgehead atoms. The van der Waals surface area contributed by atoms with E-state index in [2.05, 4.69) is 5.32 Å². The van der Waals surface area contributed by atoms with Gasteiger partial charge in [0.2, 0.25) is 0 Å². The Hall–Kier alpha value is -1.55. The summed E-state index contributed by atoms with van der Waals surface area (Å²) in [5.41, 5.74) is 1.04. The van der Waals surface area contributed by atoms with Gasteiger partial charge in [0.1, 0.15) is 6.61 Å². The molecule has 1 atom stereocenters. The molecule has 2 fully saturated rings. The van der Waals surface area contributed by atoms with Crippen molar-refractivity contribution in [2.75, 3.05) is 19.6 Å². The Bertz CT molecular complexity index is 455. The number of hydrogen-bond acceptors (Lipinski definition) is 3. The van der Waals surface area contributed by atoms with Crippen molar-refractivity contribution < 1.29 is 9.53 Å². The van der Waals surface area contributed by atoms with Gasteiger partial charge in [-0.1, -0.05) is 30.3 Å². The van der Waals surface area contributed by atoms with Crippen LogP contribution < -0.4 is 5.32 Å². The molecule has 1 amide bonds. The van der Waals surface area contributed by atoms with Crippen molar-refractivity contribution in [1.82, 2.24) is 10.2 Å². The maximum Gasteiger partial charge on any atom is 0.410 e. The molecule has 0 saturated carbocycles. The van der Waals surface area contributed by atoms with Crippen molar-refractivity contribution in [3.63, 3.8) is 0 Å². The Morgan fingerprint density at radius 3 is 2.85 bits per heavy atom. The molecule has 1 spiro atoms. The van der Waals surface area contributed by atoms with E-state index >= 15 is 0 Å². The van der Waals surface area contributed by atoms with E-state index in [0.717, 1.165) is 44.5 Å². The molecule has 1 aromatic rings. The van der Waals surface area contributed by atoms with Crippen LogP contribution in [0.5, 0.6) is 0 Å². The number of rotatable bonds is 2. The van der Waals surface area contributed by atoms with Crippen LogP contribution in [0, 0.1) is 0 Å². The predicted molar refractivity (Wildman–Crippen MR) is 77.4 cm³/mol. The molecule has 1 unspecified atom stereocenters. The number of hydrogen-bond donors (Lipinski definition) is 1. The van der Waals surface area contributed by atoms with Crippen molar-refractivity contribution in [2.24, 2.45) is 0 Å². The van der Waals surface area contributed by atoms with Crippen LogP contribution in [-0.4, -0.2) is 36.2 Å². The minimum atomic E-state index is -0.155. The number of piperidine rings is 1. The number of amides is 1. The molecule has 1 aromatic carbocycles. The normalized spacial score (nSPS) is 25.9. The molecule has 108 valence electrons. The first kappa shape index (κ1) is 13.4. The number of ether oxygens (including phenoxy) is 1. The molecule has 2 heterocycles. The Morgan fingerprint density at radius 1 is 1.25 bits per heavy atom. The van der Waals surface area contributed by atoms with Gasteiger partial charge in [0, 0.05) is 13.1 Å². The number of carbonyl (C=O) groups excluding carboxylic acids is 1. The first-order valence-corrected chi connectivity index (χ1v) is 7.49. The van der Waals surface area contributed by atoms with Gasteiger partial charge in [0.05, 0.1) is 5.54 Å². The lowest BCUT2D eigenvalue weighted by Gasteiger charge is -2.43. The molecule has 3 rings (SSSR count). The fraction of sp³-hybridized carbons (Fsp3) is 0.562. The molecule has 0 aromatic heterocycles. The summed E-state index contributed by atoms with van der Waals surface area (Å²) >= 11 is 0. The first-order chi connectivity index (χ1) is 9.80. The fourth-order valence-electron chi connectivity index (χ4n) is 3.35. The van der Waals surface area contributed by atoms with Crippen LogP contribution in [0.1, 0.15) is 31.2 Å². The van der Waals surface area contributed by atoms with E-state index < -0.39 is 0 Å². The monoisotopic (exact) mass is 274 g/mol. The van der Waals surface area contributed by atoms with E-state index in [4.69, 9.17) is 4.74 Å². The topological polar surface area (TPSA) is 41.6 Å². The van der Waals surface area contributed by atoms with Gasteiger partial charge < -0.3 is 15.0 Å². The predicted octanol–water partition coefficient (Wildman–Crippen LogP) is 2.54. The minimum Gasteiger partial charge on any atom is -0.445 e. The SMILES string of the molecule is O=C(OCc1ccccc1)N1CCCCC12CCNC2. The maximum atomic E-state index is 12.4. The largest absolute Gasteiger partial charge is 0.445 e. The van der Waals surface area contributed by atoms with E-state index in [-0.39, 0.29) is 11.6 Å². The van der Waals surface area contributed by atoms with Gasteiger partial charge in [-0.05, 0) is 37.8 Å². The highest BCUT2D eigenvalue weighted by atomic mass is 16.6. The molecule has 2 aliphatic rings. The van der Waals surface area contributed by atoms with Gasteiger partial charge in [-0.25, -0.2) is 4.79 Å². The summed E-state index contributed by atoms with van der Waals surface area (Å²) in [5, 5.41) is 3.39. The van der Waals surface area contributed by atoms with Crippen LogP contribution >= 0.6 is 0 Å². The molecular formula is C16H22N2O2. The lowest BCUT2D eigenvalue weighted by Crippen LogP contribution is -2.55. The standard InChI is InChI=1S/C16H22N2O2/c19-15(20-12-14-6-2-1-3-7-14)18-11-5-4-8-16(18)9-10-17-13-16/h1-3,6-7,17H,4-5,8-13H2. The molecule has 4 nitrogen and oxygen atoms in total. The third-order valence-electron chi connectivity index (χ3n) is 4.49. The van der Waals surface area contributed by atoms with Crippen LogP contribution in [0.4, 0.5) is 4.79 Å². The Kier molecular flexibility index (Phi) is 3.92. The van der Waals surface area contributed by atoms with E-state index in [1.165, 1.54) is 6.42 Å². The average Bonchev–Trinajstić information content (AvgIpc) is 2.95. The van der Waals surface area contributed by atoms with Gasteiger partial charge >= 0.3 is 6.09 Å². The summed E-state index contributed by atoms with van der Waals surface area (Å²) in [4.78, 5) is 14.4. The highest BCUT2D eigenvalue weighted by molar-refractivity contribution is 5.69. The quantitative estimate of drug-likeness (QED) is 0.901. The second-order valence-electron chi connectivity index (χ2n) is 5.80. The van der Waals surface area contributed by atoms with Crippen LogP contribution in [0.2, 0.25) is 0 Å². The molecule has 2 aliphatic heterocycles. The molecule has 0 radical (unpaired) electrons. The summed E-state index contributed by atoms with van der Waals surface area (Å²) in [6, 6.07) is 9.86. The lowest BCUT2D eigenvalue weighted by atomic mass is 9.86. The molecule has 20 heavy (non-hydrogen) atoms. The third kappa shape index (κ3) is 2.66. The zero-order valence-electron chi connectivity index (χ0n) is 11.8. The molecule has 4 heteroatoms. The van der Waals surface area contributed by atoms with E-state index in [1.54, 1.807) is 0 Å². The number of carbonyl (C=O) groups is 1. The third-order valence-corrected chi connectivity index (χ3v) is 4.49. The summed E-state index contributed by atoms with van der Waals surface area (Å²) < 4.78 is 5.51.